The molecule has 0 radical (unpaired) electrons. The van der Waals surface area contributed by atoms with Crippen molar-refractivity contribution in [2.45, 2.75) is 31.8 Å². The normalized spacial score (nSPS) is 10.8. The lowest BCUT2D eigenvalue weighted by Crippen LogP contribution is -2.13. The van der Waals surface area contributed by atoms with E-state index >= 15 is 0 Å². The van der Waals surface area contributed by atoms with Crippen molar-refractivity contribution in [1.82, 2.24) is 9.97 Å². The lowest BCUT2D eigenvalue weighted by atomic mass is 10.0. The van der Waals surface area contributed by atoms with E-state index in [1.165, 1.54) is 18.0 Å². The predicted molar refractivity (Wildman–Crippen MR) is 89.0 cm³/mol. The molecule has 2 aromatic rings. The van der Waals surface area contributed by atoms with Crippen molar-refractivity contribution in [3.63, 3.8) is 0 Å². The fourth-order valence-corrected chi connectivity index (χ4v) is 2.46. The van der Waals surface area contributed by atoms with Gasteiger partial charge in [0.1, 0.15) is 5.75 Å². The molecule has 0 saturated carbocycles. The maximum atomic E-state index is 12.4. The first-order chi connectivity index (χ1) is 10.4. The van der Waals surface area contributed by atoms with E-state index < -0.39 is 5.97 Å². The Labute approximate surface area is 139 Å². The van der Waals surface area contributed by atoms with Gasteiger partial charge in [0, 0.05) is 0 Å². The van der Waals surface area contributed by atoms with Crippen LogP contribution in [0.2, 0.25) is 5.02 Å². The first-order valence-corrected chi connectivity index (χ1v) is 8.42. The zero-order chi connectivity index (χ0) is 16.3. The molecule has 6 heteroatoms. The van der Waals surface area contributed by atoms with Gasteiger partial charge in [0.15, 0.2) is 10.9 Å². The zero-order valence-corrected chi connectivity index (χ0v) is 14.5. The average molecular weight is 337 g/mol. The van der Waals surface area contributed by atoms with Crippen LogP contribution in [-0.2, 0) is 0 Å². The van der Waals surface area contributed by atoms with Gasteiger partial charge in [0.05, 0.1) is 11.2 Å². The minimum Gasteiger partial charge on any atom is -0.421 e. The van der Waals surface area contributed by atoms with Crippen molar-refractivity contribution in [3.05, 3.63) is 46.2 Å². The Kier molecular flexibility index (Phi) is 5.42. The van der Waals surface area contributed by atoms with Gasteiger partial charge in [0.2, 0.25) is 0 Å². The Bertz CT molecular complexity index is 705. The molecular weight excluding hydrogens is 320 g/mol. The molecule has 1 aromatic heterocycles. The SMILES string of the molecule is CSc1ncc(Cl)c(C(=O)Oc2cc(C)ccc2C(C)C)n1. The maximum Gasteiger partial charge on any atom is 0.364 e. The van der Waals surface area contributed by atoms with Crippen LogP contribution in [0.4, 0.5) is 0 Å². The first kappa shape index (κ1) is 16.8. The molecule has 4 nitrogen and oxygen atoms in total. The van der Waals surface area contributed by atoms with Gasteiger partial charge >= 0.3 is 5.97 Å². The highest BCUT2D eigenvalue weighted by Gasteiger charge is 2.19. The van der Waals surface area contributed by atoms with Gasteiger partial charge in [-0.25, -0.2) is 14.8 Å². The number of rotatable bonds is 4. The predicted octanol–water partition coefficient (Wildman–Crippen LogP) is 4.50. The van der Waals surface area contributed by atoms with Crippen molar-refractivity contribution in [1.29, 1.82) is 0 Å². The second-order valence-corrected chi connectivity index (χ2v) is 6.32. The summed E-state index contributed by atoms with van der Waals surface area (Å²) in [6, 6.07) is 5.81. The molecule has 116 valence electrons. The molecule has 0 unspecified atom stereocenters. The first-order valence-electron chi connectivity index (χ1n) is 6.81. The van der Waals surface area contributed by atoms with Crippen LogP contribution in [0, 0.1) is 6.92 Å². The lowest BCUT2D eigenvalue weighted by molar-refractivity contribution is 0.0725. The number of thioether (sulfide) groups is 1. The number of nitrogens with zero attached hydrogens (tertiary/aromatic N) is 2. The molecule has 0 aliphatic heterocycles. The van der Waals surface area contributed by atoms with Gasteiger partial charge in [0.25, 0.3) is 0 Å². The summed E-state index contributed by atoms with van der Waals surface area (Å²) in [5, 5.41) is 0.659. The van der Waals surface area contributed by atoms with E-state index in [9.17, 15) is 4.79 Å². The smallest absolute Gasteiger partial charge is 0.364 e. The molecule has 1 aromatic carbocycles. The van der Waals surface area contributed by atoms with Crippen LogP contribution in [0.15, 0.2) is 29.6 Å². The molecule has 0 atom stereocenters. The average Bonchev–Trinajstić information content (AvgIpc) is 2.47. The van der Waals surface area contributed by atoms with E-state index in [2.05, 4.69) is 9.97 Å². The zero-order valence-electron chi connectivity index (χ0n) is 12.9. The van der Waals surface area contributed by atoms with Crippen LogP contribution in [0.25, 0.3) is 0 Å². The molecular formula is C16H17ClN2O2S. The van der Waals surface area contributed by atoms with Crippen LogP contribution >= 0.6 is 23.4 Å². The van der Waals surface area contributed by atoms with E-state index in [1.54, 1.807) is 0 Å². The highest BCUT2D eigenvalue weighted by Crippen LogP contribution is 2.28. The van der Waals surface area contributed by atoms with Crippen molar-refractivity contribution in [2.24, 2.45) is 0 Å². The minimum absolute atomic E-state index is 0.0808. The van der Waals surface area contributed by atoms with E-state index in [0.717, 1.165) is 11.1 Å². The number of carbonyl (C=O) groups excluding carboxylic acids is 1. The van der Waals surface area contributed by atoms with Gasteiger partial charge in [-0.3, -0.25) is 0 Å². The second-order valence-electron chi connectivity index (χ2n) is 5.14. The lowest BCUT2D eigenvalue weighted by Gasteiger charge is -2.13. The molecule has 0 saturated heterocycles. The van der Waals surface area contributed by atoms with Crippen LogP contribution in [0.1, 0.15) is 41.4 Å². The minimum atomic E-state index is -0.574. The molecule has 2 rings (SSSR count). The maximum absolute atomic E-state index is 12.4. The van der Waals surface area contributed by atoms with E-state index in [1.807, 2.05) is 45.2 Å². The summed E-state index contributed by atoms with van der Waals surface area (Å²) in [5.74, 6) is 0.210. The molecule has 0 N–H and O–H groups in total. The van der Waals surface area contributed by atoms with Gasteiger partial charge in [-0.05, 0) is 36.3 Å². The molecule has 0 fully saturated rings. The summed E-state index contributed by atoms with van der Waals surface area (Å²) in [6.45, 7) is 6.04. The summed E-state index contributed by atoms with van der Waals surface area (Å²) in [6.07, 6.45) is 3.24. The monoisotopic (exact) mass is 336 g/mol. The molecule has 22 heavy (non-hydrogen) atoms. The number of benzene rings is 1. The third kappa shape index (κ3) is 3.78. The van der Waals surface area contributed by atoms with Crippen LogP contribution in [0.3, 0.4) is 0 Å². The molecule has 0 spiro atoms. The molecule has 1 heterocycles. The highest BCUT2D eigenvalue weighted by atomic mass is 35.5. The Morgan fingerprint density at radius 1 is 1.36 bits per heavy atom. The summed E-state index contributed by atoms with van der Waals surface area (Å²) >= 11 is 7.35. The van der Waals surface area contributed by atoms with E-state index in [0.29, 0.717) is 10.9 Å². The summed E-state index contributed by atoms with van der Waals surface area (Å²) < 4.78 is 5.53. The van der Waals surface area contributed by atoms with Crippen molar-refractivity contribution < 1.29 is 9.53 Å². The third-order valence-corrected chi connectivity index (χ3v) is 3.93. The quantitative estimate of drug-likeness (QED) is 0.356. The molecule has 0 aliphatic rings. The van der Waals surface area contributed by atoms with E-state index in [4.69, 9.17) is 16.3 Å². The number of aryl methyl sites for hydroxylation is 1. The Hall–Kier alpha value is -1.59. The number of aromatic nitrogens is 2. The number of hydrogen-bond acceptors (Lipinski definition) is 5. The summed E-state index contributed by atoms with van der Waals surface area (Å²) in [7, 11) is 0. The van der Waals surface area contributed by atoms with Crippen molar-refractivity contribution >= 4 is 29.3 Å². The van der Waals surface area contributed by atoms with Crippen LogP contribution in [0.5, 0.6) is 5.75 Å². The Morgan fingerprint density at radius 2 is 2.09 bits per heavy atom. The number of carbonyl (C=O) groups is 1. The topological polar surface area (TPSA) is 52.1 Å². The van der Waals surface area contributed by atoms with Gasteiger partial charge < -0.3 is 4.74 Å². The second kappa shape index (κ2) is 7.11. The number of ether oxygens (including phenoxy) is 1. The fourth-order valence-electron chi connectivity index (χ4n) is 1.95. The largest absolute Gasteiger partial charge is 0.421 e. The summed E-state index contributed by atoms with van der Waals surface area (Å²) in [5.41, 5.74) is 2.07. The van der Waals surface area contributed by atoms with E-state index in [-0.39, 0.29) is 16.6 Å². The standard InChI is InChI=1S/C16H17ClN2O2S/c1-9(2)11-6-5-10(3)7-13(11)21-15(20)14-12(17)8-18-16(19-14)22-4/h5-9H,1-4H3. The van der Waals surface area contributed by atoms with Gasteiger partial charge in [-0.2, -0.15) is 0 Å². The van der Waals surface area contributed by atoms with Crippen molar-refractivity contribution in [2.75, 3.05) is 6.26 Å². The fraction of sp³-hybridized carbons (Fsp3) is 0.312. The number of halogens is 1. The molecule has 0 aliphatic carbocycles. The number of esters is 1. The van der Waals surface area contributed by atoms with Crippen LogP contribution < -0.4 is 4.74 Å². The Morgan fingerprint density at radius 3 is 2.73 bits per heavy atom. The molecule has 0 amide bonds. The molecule has 0 bridgehead atoms. The van der Waals surface area contributed by atoms with Gasteiger partial charge in [-0.15, -0.1) is 0 Å². The van der Waals surface area contributed by atoms with Gasteiger partial charge in [-0.1, -0.05) is 49.3 Å². The summed E-state index contributed by atoms with van der Waals surface area (Å²) in [4.78, 5) is 20.5. The highest BCUT2D eigenvalue weighted by molar-refractivity contribution is 7.98. The third-order valence-electron chi connectivity index (χ3n) is 3.09. The Balaban J connectivity index is 2.35. The number of hydrogen-bond donors (Lipinski definition) is 0. The van der Waals surface area contributed by atoms with Crippen molar-refractivity contribution in [3.8, 4) is 5.75 Å². The van der Waals surface area contributed by atoms with Crippen LogP contribution in [-0.4, -0.2) is 22.2 Å².